The minimum atomic E-state index is 0.861. The first-order valence-electron chi connectivity index (χ1n) is 19.2. The lowest BCUT2D eigenvalue weighted by Gasteiger charge is -2.19. The molecule has 12 aromatic rings. The van der Waals surface area contributed by atoms with Crippen LogP contribution in [0.5, 0.6) is 0 Å². The fraction of sp³-hybridized carbons (Fsp3) is 0. The molecule has 2 heterocycles. The van der Waals surface area contributed by atoms with E-state index < -0.39 is 0 Å². The molecular weight excluding hydrogens is 681 g/mol. The number of fused-ring (bicyclic) bond motifs is 9. The van der Waals surface area contributed by atoms with Crippen LogP contribution in [0, 0.1) is 0 Å². The third-order valence-electron chi connectivity index (χ3n) is 11.6. The Labute approximate surface area is 322 Å². The van der Waals surface area contributed by atoms with Crippen LogP contribution in [0.3, 0.4) is 0 Å². The molecule has 0 bridgehead atoms. The number of hydrogen-bond acceptors (Lipinski definition) is 2. The van der Waals surface area contributed by atoms with Gasteiger partial charge in [0.25, 0.3) is 0 Å². The third kappa shape index (κ3) is 4.63. The minimum Gasteiger partial charge on any atom is -0.456 e. The molecular formula is C54H32O2. The first-order chi connectivity index (χ1) is 27.8. The van der Waals surface area contributed by atoms with Crippen molar-refractivity contribution in [2.75, 3.05) is 0 Å². The fourth-order valence-electron chi connectivity index (χ4n) is 9.15. The summed E-state index contributed by atoms with van der Waals surface area (Å²) in [5, 5.41) is 11.8. The minimum absolute atomic E-state index is 0.861. The summed E-state index contributed by atoms with van der Waals surface area (Å²) in [4.78, 5) is 0. The van der Waals surface area contributed by atoms with Gasteiger partial charge in [-0.05, 0) is 119 Å². The summed E-state index contributed by atoms with van der Waals surface area (Å²) in [7, 11) is 0. The molecule has 0 aliphatic rings. The predicted octanol–water partition coefficient (Wildman–Crippen LogP) is 15.6. The molecule has 0 saturated carbocycles. The van der Waals surface area contributed by atoms with Crippen LogP contribution in [-0.2, 0) is 0 Å². The first kappa shape index (κ1) is 31.0. The molecule has 0 unspecified atom stereocenters. The summed E-state index contributed by atoms with van der Waals surface area (Å²) in [6.07, 6.45) is 0. The second-order valence-corrected chi connectivity index (χ2v) is 14.8. The smallest absolute Gasteiger partial charge is 0.136 e. The highest BCUT2D eigenvalue weighted by Gasteiger charge is 2.22. The SMILES string of the molecule is c1ccc(-c2c3ccccc3c(-c3cc(-c4ccc5oc6ccccc6c5c4)cc4oc5cc(-c6cccc7ccccc67)ccc5c34)c3ccccc23)cc1. The van der Waals surface area contributed by atoms with Crippen LogP contribution in [0.2, 0.25) is 0 Å². The van der Waals surface area contributed by atoms with E-state index in [1.54, 1.807) is 0 Å². The lowest BCUT2D eigenvalue weighted by Crippen LogP contribution is -1.92. The van der Waals surface area contributed by atoms with Crippen molar-refractivity contribution in [3.63, 3.8) is 0 Å². The van der Waals surface area contributed by atoms with Crippen molar-refractivity contribution in [3.05, 3.63) is 194 Å². The zero-order valence-electron chi connectivity index (χ0n) is 30.3. The van der Waals surface area contributed by atoms with E-state index in [4.69, 9.17) is 8.83 Å². The van der Waals surface area contributed by atoms with Crippen molar-refractivity contribution in [1.82, 2.24) is 0 Å². The Kier molecular flexibility index (Phi) is 6.66. The van der Waals surface area contributed by atoms with E-state index in [-0.39, 0.29) is 0 Å². The molecule has 0 radical (unpaired) electrons. The van der Waals surface area contributed by atoms with Crippen molar-refractivity contribution in [1.29, 1.82) is 0 Å². The Balaban J connectivity index is 1.19. The van der Waals surface area contributed by atoms with E-state index >= 15 is 0 Å². The monoisotopic (exact) mass is 712 g/mol. The quantitative estimate of drug-likeness (QED) is 0.170. The standard InChI is InChI=1S/C54H32O2/c1-2-14-34(15-3-1)52-41-19-6-8-21-43(41)53(44-22-9-7-20-42(44)52)47-30-37(35-26-28-49-46(29-35)40-18-10-11-24-48(40)55-49)32-51-54(47)45-27-25-36(31-50(45)56-51)39-23-12-16-33-13-4-5-17-38(33)39/h1-32H. The third-order valence-corrected chi connectivity index (χ3v) is 11.6. The maximum Gasteiger partial charge on any atom is 0.136 e. The molecule has 56 heavy (non-hydrogen) atoms. The molecule has 0 amide bonds. The topological polar surface area (TPSA) is 26.3 Å². The Bertz CT molecular complexity index is 3470. The molecule has 12 rings (SSSR count). The fourth-order valence-corrected chi connectivity index (χ4v) is 9.15. The van der Waals surface area contributed by atoms with Gasteiger partial charge < -0.3 is 8.83 Å². The molecule has 10 aromatic carbocycles. The lowest BCUT2D eigenvalue weighted by atomic mass is 9.84. The highest BCUT2D eigenvalue weighted by atomic mass is 16.3. The van der Waals surface area contributed by atoms with Gasteiger partial charge in [-0.3, -0.25) is 0 Å². The number of benzene rings is 10. The van der Waals surface area contributed by atoms with Gasteiger partial charge in [-0.15, -0.1) is 0 Å². The maximum absolute atomic E-state index is 6.99. The summed E-state index contributed by atoms with van der Waals surface area (Å²) in [5.74, 6) is 0. The second-order valence-electron chi connectivity index (χ2n) is 14.8. The van der Waals surface area contributed by atoms with E-state index in [1.807, 2.05) is 12.1 Å². The van der Waals surface area contributed by atoms with Gasteiger partial charge >= 0.3 is 0 Å². The number of furan rings is 2. The molecule has 0 aliphatic heterocycles. The molecule has 2 nitrogen and oxygen atoms in total. The number of para-hydroxylation sites is 1. The van der Waals surface area contributed by atoms with Gasteiger partial charge in [0, 0.05) is 21.5 Å². The summed E-state index contributed by atoms with van der Waals surface area (Å²) >= 11 is 0. The maximum atomic E-state index is 6.99. The molecule has 0 atom stereocenters. The van der Waals surface area contributed by atoms with E-state index in [1.165, 1.54) is 54.6 Å². The van der Waals surface area contributed by atoms with Crippen LogP contribution < -0.4 is 0 Å². The number of hydrogen-bond donors (Lipinski definition) is 0. The van der Waals surface area contributed by atoms with Gasteiger partial charge in [0.05, 0.1) is 0 Å². The van der Waals surface area contributed by atoms with E-state index in [0.717, 1.165) is 66.1 Å². The first-order valence-corrected chi connectivity index (χ1v) is 19.2. The van der Waals surface area contributed by atoms with E-state index in [9.17, 15) is 0 Å². The second kappa shape index (κ2) is 12.0. The predicted molar refractivity (Wildman–Crippen MR) is 235 cm³/mol. The van der Waals surface area contributed by atoms with Gasteiger partial charge in [0.2, 0.25) is 0 Å². The van der Waals surface area contributed by atoms with Gasteiger partial charge in [-0.2, -0.15) is 0 Å². The van der Waals surface area contributed by atoms with Crippen LogP contribution in [0.25, 0.3) is 121 Å². The van der Waals surface area contributed by atoms with Gasteiger partial charge in [-0.1, -0.05) is 152 Å². The van der Waals surface area contributed by atoms with E-state index in [0.29, 0.717) is 0 Å². The normalized spacial score (nSPS) is 11.9. The number of rotatable bonds is 4. The van der Waals surface area contributed by atoms with Crippen LogP contribution in [-0.4, -0.2) is 0 Å². The van der Waals surface area contributed by atoms with E-state index in [2.05, 4.69) is 182 Å². The van der Waals surface area contributed by atoms with Crippen LogP contribution in [0.1, 0.15) is 0 Å². The summed E-state index contributed by atoms with van der Waals surface area (Å²) < 4.78 is 13.2. The van der Waals surface area contributed by atoms with Crippen LogP contribution >= 0.6 is 0 Å². The van der Waals surface area contributed by atoms with Crippen LogP contribution in [0.4, 0.5) is 0 Å². The zero-order chi connectivity index (χ0) is 36.7. The highest BCUT2D eigenvalue weighted by molar-refractivity contribution is 6.26. The summed E-state index contributed by atoms with van der Waals surface area (Å²) in [6, 6.07) is 69.8. The van der Waals surface area contributed by atoms with Crippen LogP contribution in [0.15, 0.2) is 203 Å². The average molecular weight is 713 g/mol. The molecule has 0 N–H and O–H groups in total. The van der Waals surface area contributed by atoms with Gasteiger partial charge in [0.15, 0.2) is 0 Å². The Morgan fingerprint density at radius 1 is 0.250 bits per heavy atom. The average Bonchev–Trinajstić information content (AvgIpc) is 3.83. The largest absolute Gasteiger partial charge is 0.456 e. The van der Waals surface area contributed by atoms with Crippen molar-refractivity contribution in [2.45, 2.75) is 0 Å². The summed E-state index contributed by atoms with van der Waals surface area (Å²) in [5.41, 5.74) is 12.9. The zero-order valence-corrected chi connectivity index (χ0v) is 30.3. The van der Waals surface area contributed by atoms with Crippen molar-refractivity contribution >= 4 is 76.2 Å². The molecule has 0 spiro atoms. The Morgan fingerprint density at radius 3 is 1.62 bits per heavy atom. The lowest BCUT2D eigenvalue weighted by molar-refractivity contribution is 0.669. The van der Waals surface area contributed by atoms with Gasteiger partial charge in [0.1, 0.15) is 22.3 Å². The molecule has 2 aromatic heterocycles. The molecule has 0 aliphatic carbocycles. The highest BCUT2D eigenvalue weighted by Crippen LogP contribution is 2.49. The molecule has 0 saturated heterocycles. The Morgan fingerprint density at radius 2 is 0.839 bits per heavy atom. The molecule has 0 fully saturated rings. The van der Waals surface area contributed by atoms with Gasteiger partial charge in [-0.25, -0.2) is 0 Å². The molecule has 260 valence electrons. The Hall–Kier alpha value is -7.42. The summed E-state index contributed by atoms with van der Waals surface area (Å²) in [6.45, 7) is 0. The van der Waals surface area contributed by atoms with Crippen molar-refractivity contribution in [3.8, 4) is 44.5 Å². The van der Waals surface area contributed by atoms with Crippen molar-refractivity contribution < 1.29 is 8.83 Å². The molecule has 2 heteroatoms. The van der Waals surface area contributed by atoms with Crippen molar-refractivity contribution in [2.24, 2.45) is 0 Å².